The first kappa shape index (κ1) is 29.6. The third-order valence-corrected chi connectivity index (χ3v) is 12.0. The van der Waals surface area contributed by atoms with Gasteiger partial charge in [0, 0.05) is 45.0 Å². The quantitative estimate of drug-likeness (QED) is 0.273. The molecule has 3 aromatic carbocycles. The Labute approximate surface area is 256 Å². The Hall–Kier alpha value is -2.90. The van der Waals surface area contributed by atoms with Gasteiger partial charge < -0.3 is 4.57 Å². The van der Waals surface area contributed by atoms with Gasteiger partial charge in [0.1, 0.15) is 0 Å². The van der Waals surface area contributed by atoms with Crippen molar-refractivity contribution in [3.05, 3.63) is 155 Å². The van der Waals surface area contributed by atoms with Crippen molar-refractivity contribution in [1.29, 1.82) is 0 Å². The SMILES string of the molecule is C/C(=C1\C(P(=O)(c2ccccc2)c2ccccc2)=C2CCCCC2=C2CCC[C@@H]21)c1ccccc1.[CH]1C=CC=C1.[Co]. The molecule has 3 aromatic rings. The standard InChI is InChI=1S/C33H33OP.C5H5.Co/c1-24(25-14-5-2-6-15-25)32-30-23-13-22-28(30)29-20-11-12-21-31(29)33(32)35(34,26-16-7-3-8-17-26)27-18-9-4-10-19-27;1-2-4-5-3-1;/h2-10,14-19,30H,11-13,20-23H2,1H3;1-5H;/b32-24+;;/t30-;;/m0../s1. The van der Waals surface area contributed by atoms with Gasteiger partial charge in [-0.15, -0.1) is 0 Å². The molecule has 0 saturated heterocycles. The van der Waals surface area contributed by atoms with E-state index in [1.807, 2.05) is 67.1 Å². The molecule has 0 N–H and O–H groups in total. The van der Waals surface area contributed by atoms with E-state index in [4.69, 9.17) is 0 Å². The minimum Gasteiger partial charge on any atom is -0.309 e. The molecule has 210 valence electrons. The van der Waals surface area contributed by atoms with Gasteiger partial charge in [-0.3, -0.25) is 0 Å². The monoisotopic (exact) mass is 600 g/mol. The zero-order valence-corrected chi connectivity index (χ0v) is 25.7. The fourth-order valence-electron chi connectivity index (χ4n) is 7.02. The maximum Gasteiger partial charge on any atom is 0.171 e. The molecule has 4 aliphatic rings. The molecule has 2 fully saturated rings. The van der Waals surface area contributed by atoms with Crippen LogP contribution in [0.25, 0.3) is 5.57 Å². The molecule has 0 heterocycles. The first-order valence-corrected chi connectivity index (χ1v) is 16.5. The molecule has 7 rings (SSSR count). The molecule has 0 aromatic heterocycles. The summed E-state index contributed by atoms with van der Waals surface area (Å²) in [7, 11) is -3.08. The van der Waals surface area contributed by atoms with Gasteiger partial charge in [0.05, 0.1) is 0 Å². The molecule has 1 nitrogen and oxygen atoms in total. The Balaban J connectivity index is 0.000000510. The second-order valence-electron chi connectivity index (χ2n) is 11.1. The second-order valence-corrected chi connectivity index (χ2v) is 13.8. The van der Waals surface area contributed by atoms with Crippen molar-refractivity contribution >= 4 is 23.3 Å². The minimum atomic E-state index is -3.08. The molecule has 2 saturated carbocycles. The summed E-state index contributed by atoms with van der Waals surface area (Å²) in [6.07, 6.45) is 18.2. The van der Waals surface area contributed by atoms with E-state index in [9.17, 15) is 0 Å². The van der Waals surface area contributed by atoms with E-state index in [0.29, 0.717) is 5.92 Å². The third kappa shape index (κ3) is 5.76. The van der Waals surface area contributed by atoms with E-state index < -0.39 is 7.14 Å². The molecular weight excluding hydrogens is 562 g/mol. The summed E-state index contributed by atoms with van der Waals surface area (Å²) in [5, 5.41) is 3.08. The Bertz CT molecular complexity index is 1500. The number of fused-ring (bicyclic) bond motifs is 2. The van der Waals surface area contributed by atoms with E-state index in [2.05, 4.69) is 61.5 Å². The topological polar surface area (TPSA) is 17.1 Å². The van der Waals surface area contributed by atoms with Crippen LogP contribution < -0.4 is 10.6 Å². The van der Waals surface area contributed by atoms with E-state index in [0.717, 1.165) is 23.5 Å². The number of hydrogen-bond donors (Lipinski definition) is 0. The predicted molar refractivity (Wildman–Crippen MR) is 171 cm³/mol. The van der Waals surface area contributed by atoms with Crippen LogP contribution in [0.15, 0.2) is 143 Å². The minimum absolute atomic E-state index is 0. The van der Waals surface area contributed by atoms with Crippen LogP contribution in [-0.4, -0.2) is 0 Å². The average molecular weight is 601 g/mol. The first-order chi connectivity index (χ1) is 19.7. The summed E-state index contributed by atoms with van der Waals surface area (Å²) in [5.74, 6) is 0.391. The van der Waals surface area contributed by atoms with Crippen LogP contribution in [0.4, 0.5) is 0 Å². The number of rotatable bonds is 4. The van der Waals surface area contributed by atoms with E-state index in [1.165, 1.54) is 59.7 Å². The molecule has 0 bridgehead atoms. The summed E-state index contributed by atoms with van der Waals surface area (Å²) in [4.78, 5) is 0. The Morgan fingerprint density at radius 3 is 1.73 bits per heavy atom. The van der Waals surface area contributed by atoms with Crippen molar-refractivity contribution in [1.82, 2.24) is 0 Å². The molecule has 0 unspecified atom stereocenters. The van der Waals surface area contributed by atoms with Crippen LogP contribution in [0.2, 0.25) is 0 Å². The van der Waals surface area contributed by atoms with Crippen molar-refractivity contribution in [2.45, 2.75) is 51.9 Å². The smallest absolute Gasteiger partial charge is 0.171 e. The normalized spacial score (nSPS) is 20.6. The number of benzene rings is 3. The van der Waals surface area contributed by atoms with Crippen molar-refractivity contribution in [2.24, 2.45) is 5.92 Å². The molecular formula is C38H38CoOP. The van der Waals surface area contributed by atoms with Gasteiger partial charge in [0.2, 0.25) is 0 Å². The maximum atomic E-state index is 15.8. The van der Waals surface area contributed by atoms with E-state index in [-0.39, 0.29) is 16.8 Å². The van der Waals surface area contributed by atoms with Crippen LogP contribution in [0.1, 0.15) is 57.4 Å². The fourth-order valence-corrected chi connectivity index (χ4v) is 10.3. The summed E-state index contributed by atoms with van der Waals surface area (Å²) in [5.41, 5.74) is 8.53. The largest absolute Gasteiger partial charge is 0.309 e. The summed E-state index contributed by atoms with van der Waals surface area (Å²) >= 11 is 0. The molecule has 0 spiro atoms. The number of allylic oxidation sites excluding steroid dienone is 10. The first-order valence-electron chi connectivity index (χ1n) is 14.8. The second kappa shape index (κ2) is 13.4. The van der Waals surface area contributed by atoms with Gasteiger partial charge in [0.25, 0.3) is 0 Å². The van der Waals surface area contributed by atoms with Crippen LogP contribution in [0, 0.1) is 12.3 Å². The zero-order chi connectivity index (χ0) is 27.4. The van der Waals surface area contributed by atoms with Gasteiger partial charge in [-0.05, 0) is 79.7 Å². The maximum absolute atomic E-state index is 15.8. The van der Waals surface area contributed by atoms with Crippen LogP contribution >= 0.6 is 7.14 Å². The zero-order valence-electron chi connectivity index (χ0n) is 23.8. The van der Waals surface area contributed by atoms with Gasteiger partial charge in [-0.2, -0.15) is 0 Å². The average Bonchev–Trinajstić information content (AvgIpc) is 3.77. The van der Waals surface area contributed by atoms with E-state index in [1.54, 1.807) is 11.1 Å². The van der Waals surface area contributed by atoms with Crippen LogP contribution in [0.5, 0.6) is 0 Å². The van der Waals surface area contributed by atoms with Crippen molar-refractivity contribution in [3.8, 4) is 0 Å². The predicted octanol–water partition coefficient (Wildman–Crippen LogP) is 9.73. The molecule has 2 radical (unpaired) electrons. The van der Waals surface area contributed by atoms with Gasteiger partial charge >= 0.3 is 0 Å². The Kier molecular flexibility index (Phi) is 9.66. The Morgan fingerprint density at radius 2 is 1.20 bits per heavy atom. The molecule has 1 atom stereocenters. The summed E-state index contributed by atoms with van der Waals surface area (Å²) in [6.45, 7) is 2.27. The molecule has 41 heavy (non-hydrogen) atoms. The number of hydrogen-bond acceptors (Lipinski definition) is 1. The van der Waals surface area contributed by atoms with Gasteiger partial charge in [-0.25, -0.2) is 0 Å². The van der Waals surface area contributed by atoms with Crippen molar-refractivity contribution in [2.75, 3.05) is 0 Å². The van der Waals surface area contributed by atoms with Gasteiger partial charge in [-0.1, -0.05) is 121 Å². The van der Waals surface area contributed by atoms with Crippen LogP contribution in [-0.2, 0) is 21.3 Å². The third-order valence-electron chi connectivity index (χ3n) is 8.83. The van der Waals surface area contributed by atoms with Gasteiger partial charge in [0.15, 0.2) is 7.14 Å². The molecule has 4 aliphatic carbocycles. The fraction of sp³-hybridized carbons (Fsp3) is 0.237. The van der Waals surface area contributed by atoms with Crippen LogP contribution in [0.3, 0.4) is 0 Å². The Morgan fingerprint density at radius 1 is 0.659 bits per heavy atom. The summed E-state index contributed by atoms with van der Waals surface area (Å²) < 4.78 is 15.8. The molecule has 3 heteroatoms. The van der Waals surface area contributed by atoms with Crippen molar-refractivity contribution in [3.63, 3.8) is 0 Å². The molecule has 0 amide bonds. The van der Waals surface area contributed by atoms with Crippen molar-refractivity contribution < 1.29 is 21.3 Å². The summed E-state index contributed by atoms with van der Waals surface area (Å²) in [6, 6.07) is 31.4. The van der Waals surface area contributed by atoms with E-state index >= 15 is 4.57 Å². The molecule has 0 aliphatic heterocycles.